The number of ether oxygens (including phenoxy) is 1. The van der Waals surface area contributed by atoms with Crippen LogP contribution in [0, 0.1) is 0 Å². The molecule has 2 aromatic rings. The molecule has 0 unspecified atom stereocenters. The second kappa shape index (κ2) is 11.7. The topological polar surface area (TPSA) is 105 Å². The lowest BCUT2D eigenvalue weighted by molar-refractivity contribution is -0.118. The van der Waals surface area contributed by atoms with Gasteiger partial charge in [-0.25, -0.2) is 0 Å². The van der Waals surface area contributed by atoms with Crippen LogP contribution in [0.25, 0.3) is 0 Å². The Balaban J connectivity index is 1.54. The van der Waals surface area contributed by atoms with Crippen LogP contribution in [-0.4, -0.2) is 53.4 Å². The monoisotopic (exact) mass is 520 g/mol. The molecule has 3 aliphatic rings. The number of hydrogen-bond donors (Lipinski definition) is 1. The first kappa shape index (κ1) is 26.4. The minimum absolute atomic E-state index is 0.106. The number of aryl methyl sites for hydroxylation is 1. The zero-order chi connectivity index (χ0) is 26.6. The van der Waals surface area contributed by atoms with Gasteiger partial charge in [-0.15, -0.1) is 0 Å². The summed E-state index contributed by atoms with van der Waals surface area (Å²) in [6, 6.07) is 5.37. The van der Waals surface area contributed by atoms with Crippen molar-refractivity contribution in [2.75, 3.05) is 35.7 Å². The maximum absolute atomic E-state index is 12.8. The van der Waals surface area contributed by atoms with Crippen LogP contribution < -0.4 is 20.3 Å². The van der Waals surface area contributed by atoms with E-state index in [0.717, 1.165) is 57.2 Å². The van der Waals surface area contributed by atoms with Crippen LogP contribution in [0.5, 0.6) is 6.01 Å². The molecule has 204 valence electrons. The number of hydrogen-bond acceptors (Lipinski definition) is 7. The first-order chi connectivity index (χ1) is 18.5. The minimum atomic E-state index is -0.106. The first-order valence-electron chi connectivity index (χ1n) is 14.1. The Kier molecular flexibility index (Phi) is 8.12. The van der Waals surface area contributed by atoms with E-state index in [-0.39, 0.29) is 17.7 Å². The zero-order valence-corrected chi connectivity index (χ0v) is 22.7. The Morgan fingerprint density at radius 3 is 2.68 bits per heavy atom. The number of rotatable bonds is 5. The van der Waals surface area contributed by atoms with Crippen molar-refractivity contribution in [3.8, 4) is 6.01 Å². The van der Waals surface area contributed by atoms with Gasteiger partial charge in [0.15, 0.2) is 11.6 Å². The average molecular weight is 521 g/mol. The van der Waals surface area contributed by atoms with Crippen molar-refractivity contribution < 1.29 is 14.3 Å². The molecule has 1 saturated carbocycles. The van der Waals surface area contributed by atoms with Crippen molar-refractivity contribution >= 4 is 29.6 Å². The SMILES string of the molecule is CCCC(=O)N(C)c1c(N)nc2nc1N(C=O)Cc1cc(c3c(c1)CN(C1CCC1)CC3)CCCCCO2. The van der Waals surface area contributed by atoms with Crippen LogP contribution in [0.3, 0.4) is 0 Å². The van der Waals surface area contributed by atoms with Crippen molar-refractivity contribution in [1.29, 1.82) is 0 Å². The van der Waals surface area contributed by atoms with Gasteiger partial charge >= 0.3 is 6.01 Å². The molecule has 1 fully saturated rings. The fraction of sp³-hybridized carbons (Fsp3) is 0.586. The minimum Gasteiger partial charge on any atom is -0.463 e. The second-order valence-corrected chi connectivity index (χ2v) is 10.9. The molecule has 2 aliphatic heterocycles. The van der Waals surface area contributed by atoms with E-state index in [0.29, 0.717) is 43.5 Å². The van der Waals surface area contributed by atoms with Crippen LogP contribution in [0.4, 0.5) is 17.3 Å². The largest absolute Gasteiger partial charge is 0.463 e. The molecule has 2 N–H and O–H groups in total. The molecule has 9 nitrogen and oxygen atoms in total. The van der Waals surface area contributed by atoms with Gasteiger partial charge in [-0.05, 0) is 73.6 Å². The van der Waals surface area contributed by atoms with Gasteiger partial charge in [-0.1, -0.05) is 25.5 Å². The Bertz CT molecular complexity index is 1180. The number of nitrogen functional groups attached to an aromatic ring is 1. The van der Waals surface area contributed by atoms with Gasteiger partial charge in [0.2, 0.25) is 12.3 Å². The molecule has 38 heavy (non-hydrogen) atoms. The van der Waals surface area contributed by atoms with Gasteiger partial charge in [0, 0.05) is 32.6 Å². The number of fused-ring (bicyclic) bond motifs is 6. The van der Waals surface area contributed by atoms with Crippen molar-refractivity contribution in [2.45, 2.75) is 90.3 Å². The van der Waals surface area contributed by atoms with Gasteiger partial charge in [0.05, 0.1) is 13.2 Å². The molecule has 2 amide bonds. The van der Waals surface area contributed by atoms with Crippen molar-refractivity contribution in [2.24, 2.45) is 0 Å². The fourth-order valence-corrected chi connectivity index (χ4v) is 5.91. The quantitative estimate of drug-likeness (QED) is 0.594. The average Bonchev–Trinajstić information content (AvgIpc) is 2.87. The zero-order valence-electron chi connectivity index (χ0n) is 22.7. The molecular weight excluding hydrogens is 480 g/mol. The molecule has 4 bridgehead atoms. The summed E-state index contributed by atoms with van der Waals surface area (Å²) in [5, 5.41) is 0. The van der Waals surface area contributed by atoms with Crippen LogP contribution in [0.2, 0.25) is 0 Å². The predicted octanol–water partition coefficient (Wildman–Crippen LogP) is 4.00. The highest BCUT2D eigenvalue weighted by Crippen LogP contribution is 2.36. The third kappa shape index (κ3) is 5.48. The Labute approximate surface area is 225 Å². The van der Waals surface area contributed by atoms with Crippen LogP contribution in [-0.2, 0) is 35.5 Å². The van der Waals surface area contributed by atoms with E-state index in [9.17, 15) is 9.59 Å². The normalized spacial score (nSPS) is 18.5. The Hall–Kier alpha value is -3.20. The Morgan fingerprint density at radius 1 is 1.13 bits per heavy atom. The van der Waals surface area contributed by atoms with Gasteiger partial charge in [0.25, 0.3) is 0 Å². The van der Waals surface area contributed by atoms with Crippen molar-refractivity contribution in [3.05, 3.63) is 34.4 Å². The third-order valence-corrected chi connectivity index (χ3v) is 8.23. The van der Waals surface area contributed by atoms with E-state index in [1.807, 2.05) is 6.92 Å². The molecule has 1 aromatic carbocycles. The van der Waals surface area contributed by atoms with E-state index in [1.165, 1.54) is 45.8 Å². The van der Waals surface area contributed by atoms with E-state index >= 15 is 0 Å². The summed E-state index contributed by atoms with van der Waals surface area (Å²) in [5.74, 6) is 0.310. The van der Waals surface area contributed by atoms with E-state index in [4.69, 9.17) is 10.5 Å². The molecule has 1 aliphatic carbocycles. The summed E-state index contributed by atoms with van der Waals surface area (Å²) >= 11 is 0. The standard InChI is InChI=1S/C29H40N6O3/c1-3-8-25(37)33(2)26-27(30)31-29-32-28(26)35(19-36)17-20-15-21(9-5-4-6-14-38-29)24-12-13-34(18-22(24)16-20)23-10-7-11-23/h15-16,19,23H,3-14,17-18H2,1-2H3,(H2,30,31,32). The maximum Gasteiger partial charge on any atom is 0.320 e. The van der Waals surface area contributed by atoms with E-state index < -0.39 is 0 Å². The lowest BCUT2D eigenvalue weighted by Crippen LogP contribution is -2.43. The number of nitrogens with zero attached hydrogens (tertiary/aromatic N) is 5. The van der Waals surface area contributed by atoms with E-state index in [1.54, 1.807) is 7.05 Å². The number of anilines is 3. The number of nitrogens with two attached hydrogens (primary N) is 1. The number of amides is 2. The van der Waals surface area contributed by atoms with Crippen LogP contribution >= 0.6 is 0 Å². The molecule has 0 spiro atoms. The predicted molar refractivity (Wildman–Crippen MR) is 148 cm³/mol. The summed E-state index contributed by atoms with van der Waals surface area (Å²) in [5.41, 5.74) is 12.0. The maximum atomic E-state index is 12.8. The lowest BCUT2D eigenvalue weighted by atomic mass is 9.85. The number of carbonyl (C=O) groups is 2. The second-order valence-electron chi connectivity index (χ2n) is 10.9. The van der Waals surface area contributed by atoms with E-state index in [2.05, 4.69) is 27.0 Å². The molecule has 5 rings (SSSR count). The molecule has 0 radical (unpaired) electrons. The van der Waals surface area contributed by atoms with Crippen LogP contribution in [0.1, 0.15) is 80.5 Å². The molecule has 0 saturated heterocycles. The summed E-state index contributed by atoms with van der Waals surface area (Å²) in [6.45, 7) is 4.85. The highest BCUT2D eigenvalue weighted by molar-refractivity contribution is 6.00. The number of carbonyl (C=O) groups excluding carboxylic acids is 2. The van der Waals surface area contributed by atoms with Gasteiger partial charge in [-0.3, -0.25) is 19.4 Å². The third-order valence-electron chi connectivity index (χ3n) is 8.23. The van der Waals surface area contributed by atoms with Crippen molar-refractivity contribution in [1.82, 2.24) is 14.9 Å². The van der Waals surface area contributed by atoms with Gasteiger partial charge < -0.3 is 15.4 Å². The summed E-state index contributed by atoms with van der Waals surface area (Å²) < 4.78 is 5.85. The summed E-state index contributed by atoms with van der Waals surface area (Å²) in [4.78, 5) is 39.9. The Morgan fingerprint density at radius 2 is 1.95 bits per heavy atom. The van der Waals surface area contributed by atoms with Gasteiger partial charge in [-0.2, -0.15) is 9.97 Å². The lowest BCUT2D eigenvalue weighted by Gasteiger charge is -2.41. The van der Waals surface area contributed by atoms with Crippen molar-refractivity contribution in [3.63, 3.8) is 0 Å². The molecule has 0 atom stereocenters. The smallest absolute Gasteiger partial charge is 0.320 e. The first-order valence-corrected chi connectivity index (χ1v) is 14.1. The number of benzene rings is 1. The summed E-state index contributed by atoms with van der Waals surface area (Å²) in [6.07, 6.45) is 10.9. The highest BCUT2D eigenvalue weighted by Gasteiger charge is 2.30. The molecule has 1 aromatic heterocycles. The molecule has 3 heterocycles. The fourth-order valence-electron chi connectivity index (χ4n) is 5.91. The highest BCUT2D eigenvalue weighted by atomic mass is 16.5. The summed E-state index contributed by atoms with van der Waals surface area (Å²) in [7, 11) is 1.66. The molecule has 9 heteroatoms. The molecular formula is C29H40N6O3. The number of aromatic nitrogens is 2. The van der Waals surface area contributed by atoms with Crippen LogP contribution in [0.15, 0.2) is 12.1 Å². The van der Waals surface area contributed by atoms with Gasteiger partial charge in [0.1, 0.15) is 5.69 Å².